The first-order valence-corrected chi connectivity index (χ1v) is 6.10. The normalized spacial score (nSPS) is 20.3. The third-order valence-corrected chi connectivity index (χ3v) is 3.31. The molecular weight excluding hydrogens is 186 g/mol. The van der Waals surface area contributed by atoms with E-state index in [9.17, 15) is 0 Å². The van der Waals surface area contributed by atoms with Gasteiger partial charge in [-0.2, -0.15) is 0 Å². The summed E-state index contributed by atoms with van der Waals surface area (Å²) >= 11 is 0. The smallest absolute Gasteiger partial charge is 0.0951 e. The summed E-state index contributed by atoms with van der Waals surface area (Å²) in [5.74, 6) is 0.622. The number of aromatic nitrogens is 2. The molecule has 3 heteroatoms. The largest absolute Gasteiger partial charge is 0.334 e. The van der Waals surface area contributed by atoms with Crippen LogP contribution in [0.1, 0.15) is 49.9 Å². The van der Waals surface area contributed by atoms with Crippen molar-refractivity contribution >= 4 is 0 Å². The zero-order chi connectivity index (χ0) is 10.7. The lowest BCUT2D eigenvalue weighted by Crippen LogP contribution is -2.15. The summed E-state index contributed by atoms with van der Waals surface area (Å²) in [7, 11) is 0. The Morgan fingerprint density at radius 3 is 3.20 bits per heavy atom. The first-order valence-electron chi connectivity index (χ1n) is 6.10. The van der Waals surface area contributed by atoms with Crippen LogP contribution in [0.4, 0.5) is 0 Å². The summed E-state index contributed by atoms with van der Waals surface area (Å²) in [4.78, 5) is 4.58. The number of rotatable bonds is 4. The van der Waals surface area contributed by atoms with Crippen molar-refractivity contribution in [3.63, 3.8) is 0 Å². The van der Waals surface area contributed by atoms with Gasteiger partial charge in [0.1, 0.15) is 0 Å². The second-order valence-corrected chi connectivity index (χ2v) is 4.44. The molecule has 0 saturated heterocycles. The van der Waals surface area contributed by atoms with Gasteiger partial charge < -0.3 is 10.3 Å². The van der Waals surface area contributed by atoms with Gasteiger partial charge in [-0.1, -0.05) is 6.92 Å². The maximum atomic E-state index is 5.65. The van der Waals surface area contributed by atoms with Gasteiger partial charge in [0.15, 0.2) is 0 Å². The zero-order valence-corrected chi connectivity index (χ0v) is 9.58. The van der Waals surface area contributed by atoms with Crippen LogP contribution >= 0.6 is 0 Å². The first kappa shape index (κ1) is 10.7. The van der Waals surface area contributed by atoms with Crippen molar-refractivity contribution in [1.82, 2.24) is 9.55 Å². The highest BCUT2D eigenvalue weighted by Crippen LogP contribution is 2.32. The van der Waals surface area contributed by atoms with Crippen LogP contribution in [0.3, 0.4) is 0 Å². The van der Waals surface area contributed by atoms with Gasteiger partial charge in [-0.25, -0.2) is 4.98 Å². The number of nitrogens with zero attached hydrogens (tertiary/aromatic N) is 2. The van der Waals surface area contributed by atoms with Gasteiger partial charge in [0, 0.05) is 18.2 Å². The standard InChI is InChI=1S/C12H21N3/c1-2-8-15-9-14-12-10(6-7-13)4-3-5-11(12)15/h9-10H,2-8,13H2,1H3/t10-/m1/s1. The molecule has 1 aliphatic rings. The molecule has 0 aromatic carbocycles. The summed E-state index contributed by atoms with van der Waals surface area (Å²) < 4.78 is 2.33. The van der Waals surface area contributed by atoms with Crippen LogP contribution in [0.15, 0.2) is 6.33 Å². The molecule has 1 aromatic rings. The molecular formula is C12H21N3. The van der Waals surface area contributed by atoms with Crippen LogP contribution in [0, 0.1) is 0 Å². The average molecular weight is 207 g/mol. The molecule has 1 heterocycles. The van der Waals surface area contributed by atoms with Gasteiger partial charge in [-0.3, -0.25) is 0 Å². The van der Waals surface area contributed by atoms with E-state index in [0.717, 1.165) is 19.5 Å². The fraction of sp³-hybridized carbons (Fsp3) is 0.750. The van der Waals surface area contributed by atoms with Crippen molar-refractivity contribution in [3.8, 4) is 0 Å². The molecule has 84 valence electrons. The molecule has 2 rings (SSSR count). The summed E-state index contributed by atoms with van der Waals surface area (Å²) in [5, 5.41) is 0. The van der Waals surface area contributed by atoms with Crippen LogP contribution in [0.5, 0.6) is 0 Å². The minimum atomic E-state index is 0.622. The second-order valence-electron chi connectivity index (χ2n) is 4.44. The van der Waals surface area contributed by atoms with Crippen LogP contribution < -0.4 is 5.73 Å². The quantitative estimate of drug-likeness (QED) is 0.821. The molecule has 3 nitrogen and oxygen atoms in total. The summed E-state index contributed by atoms with van der Waals surface area (Å²) in [6.07, 6.45) is 8.07. The number of hydrogen-bond donors (Lipinski definition) is 1. The molecule has 0 unspecified atom stereocenters. The lowest BCUT2D eigenvalue weighted by molar-refractivity contribution is 0.499. The Hall–Kier alpha value is -0.830. The Kier molecular flexibility index (Phi) is 3.41. The Morgan fingerprint density at radius 1 is 1.60 bits per heavy atom. The van der Waals surface area contributed by atoms with Gasteiger partial charge in [0.2, 0.25) is 0 Å². The van der Waals surface area contributed by atoms with Gasteiger partial charge >= 0.3 is 0 Å². The molecule has 0 saturated carbocycles. The highest BCUT2D eigenvalue weighted by molar-refractivity contribution is 5.21. The van der Waals surface area contributed by atoms with Crippen molar-refractivity contribution in [2.45, 2.75) is 51.5 Å². The van der Waals surface area contributed by atoms with Crippen LogP contribution in [0.25, 0.3) is 0 Å². The van der Waals surface area contributed by atoms with Gasteiger partial charge in [0.05, 0.1) is 12.0 Å². The van der Waals surface area contributed by atoms with E-state index >= 15 is 0 Å². The molecule has 2 N–H and O–H groups in total. The predicted octanol–water partition coefficient (Wildman–Crippen LogP) is 2.06. The summed E-state index contributed by atoms with van der Waals surface area (Å²) in [6, 6.07) is 0. The van der Waals surface area contributed by atoms with E-state index in [4.69, 9.17) is 5.73 Å². The third-order valence-electron chi connectivity index (χ3n) is 3.31. The maximum absolute atomic E-state index is 5.65. The summed E-state index contributed by atoms with van der Waals surface area (Å²) in [6.45, 7) is 4.11. The van der Waals surface area contributed by atoms with Crippen molar-refractivity contribution in [2.24, 2.45) is 5.73 Å². The molecule has 0 radical (unpaired) electrons. The number of imidazole rings is 1. The van der Waals surface area contributed by atoms with Gasteiger partial charge in [0.25, 0.3) is 0 Å². The molecule has 0 aliphatic heterocycles. The topological polar surface area (TPSA) is 43.8 Å². The molecule has 15 heavy (non-hydrogen) atoms. The van der Waals surface area contributed by atoms with Crippen LogP contribution in [0.2, 0.25) is 0 Å². The van der Waals surface area contributed by atoms with E-state index in [-0.39, 0.29) is 0 Å². The molecule has 0 fully saturated rings. The first-order chi connectivity index (χ1) is 7.36. The molecule has 0 spiro atoms. The van der Waals surface area contributed by atoms with Crippen LogP contribution in [-0.2, 0) is 13.0 Å². The van der Waals surface area contributed by atoms with Crippen molar-refractivity contribution in [2.75, 3.05) is 6.54 Å². The Morgan fingerprint density at radius 2 is 2.47 bits per heavy atom. The number of aryl methyl sites for hydroxylation is 1. The minimum Gasteiger partial charge on any atom is -0.334 e. The fourth-order valence-corrected chi connectivity index (χ4v) is 2.60. The predicted molar refractivity (Wildman–Crippen MR) is 61.9 cm³/mol. The van der Waals surface area contributed by atoms with E-state index in [2.05, 4.69) is 16.5 Å². The fourth-order valence-electron chi connectivity index (χ4n) is 2.60. The van der Waals surface area contributed by atoms with Crippen molar-refractivity contribution in [1.29, 1.82) is 0 Å². The number of fused-ring (bicyclic) bond motifs is 1. The average Bonchev–Trinajstić information content (AvgIpc) is 2.64. The molecule has 1 atom stereocenters. The Balaban J connectivity index is 2.21. The van der Waals surface area contributed by atoms with Crippen molar-refractivity contribution in [3.05, 3.63) is 17.7 Å². The van der Waals surface area contributed by atoms with E-state index in [1.165, 1.54) is 37.1 Å². The van der Waals surface area contributed by atoms with E-state index in [0.29, 0.717) is 5.92 Å². The highest BCUT2D eigenvalue weighted by Gasteiger charge is 2.23. The van der Waals surface area contributed by atoms with Crippen LogP contribution in [-0.4, -0.2) is 16.1 Å². The van der Waals surface area contributed by atoms with Crippen molar-refractivity contribution < 1.29 is 0 Å². The zero-order valence-electron chi connectivity index (χ0n) is 9.58. The van der Waals surface area contributed by atoms with E-state index in [1.54, 1.807) is 0 Å². The number of nitrogens with two attached hydrogens (primary N) is 1. The maximum Gasteiger partial charge on any atom is 0.0951 e. The SMILES string of the molecule is CCCn1cnc2c1CCC[C@@H]2CCN. The second kappa shape index (κ2) is 4.79. The monoisotopic (exact) mass is 207 g/mol. The lowest BCUT2D eigenvalue weighted by atomic mass is 9.87. The molecule has 0 bridgehead atoms. The third kappa shape index (κ3) is 2.07. The molecule has 1 aliphatic carbocycles. The molecule has 0 amide bonds. The molecule has 1 aromatic heterocycles. The lowest BCUT2D eigenvalue weighted by Gasteiger charge is -2.22. The van der Waals surface area contributed by atoms with E-state index in [1.807, 2.05) is 6.33 Å². The van der Waals surface area contributed by atoms with Gasteiger partial charge in [-0.05, 0) is 38.6 Å². The highest BCUT2D eigenvalue weighted by atomic mass is 15.1. The van der Waals surface area contributed by atoms with E-state index < -0.39 is 0 Å². The Bertz CT molecular complexity index is 317. The number of hydrogen-bond acceptors (Lipinski definition) is 2. The Labute approximate surface area is 91.7 Å². The summed E-state index contributed by atoms with van der Waals surface area (Å²) in [5.41, 5.74) is 8.45. The minimum absolute atomic E-state index is 0.622. The van der Waals surface area contributed by atoms with Gasteiger partial charge in [-0.15, -0.1) is 0 Å².